The molecule has 0 aliphatic carbocycles. The molecule has 1 aromatic carbocycles. The topological polar surface area (TPSA) is 26.3 Å². The van der Waals surface area contributed by atoms with E-state index in [1.807, 2.05) is 0 Å². The lowest BCUT2D eigenvalue weighted by Crippen LogP contribution is -2.04. The molecule has 0 aliphatic heterocycles. The highest BCUT2D eigenvalue weighted by atomic mass is 19.1. The van der Waals surface area contributed by atoms with E-state index >= 15 is 0 Å². The van der Waals surface area contributed by atoms with Gasteiger partial charge >= 0.3 is 5.97 Å². The maximum Gasteiger partial charge on any atom is 0.337 e. The number of halogens is 1. The first-order valence-electron chi connectivity index (χ1n) is 4.19. The molecule has 0 aliphatic rings. The molecule has 0 saturated heterocycles. The van der Waals surface area contributed by atoms with E-state index in [1.54, 1.807) is 26.0 Å². The summed E-state index contributed by atoms with van der Waals surface area (Å²) in [5, 5.41) is 0. The van der Waals surface area contributed by atoms with Crippen LogP contribution in [0.4, 0.5) is 4.39 Å². The number of esters is 1. The van der Waals surface area contributed by atoms with Gasteiger partial charge in [-0.05, 0) is 17.7 Å². The first kappa shape index (κ1) is 10.5. The average molecular weight is 192 g/mol. The highest BCUT2D eigenvalue weighted by Crippen LogP contribution is 2.15. The van der Waals surface area contributed by atoms with Crippen molar-refractivity contribution in [3.05, 3.63) is 41.6 Å². The van der Waals surface area contributed by atoms with Gasteiger partial charge in [-0.2, -0.15) is 0 Å². The van der Waals surface area contributed by atoms with Crippen molar-refractivity contribution in [1.29, 1.82) is 0 Å². The van der Waals surface area contributed by atoms with Crippen LogP contribution in [-0.4, -0.2) is 20.9 Å². The third-order valence-electron chi connectivity index (χ3n) is 1.83. The highest BCUT2D eigenvalue weighted by Gasteiger charge is 2.10. The number of ether oxygens (including phenoxy) is 1. The Bertz CT molecular complexity index is 374. The minimum absolute atomic E-state index is 0.368. The molecule has 4 heteroatoms. The Morgan fingerprint density at radius 2 is 2.29 bits per heavy atom. The molecule has 0 atom stereocenters. The molecule has 0 spiro atoms. The molecule has 0 radical (unpaired) electrons. The lowest BCUT2D eigenvalue weighted by atomic mass is 9.98. The van der Waals surface area contributed by atoms with Crippen molar-refractivity contribution in [2.24, 2.45) is 0 Å². The van der Waals surface area contributed by atoms with E-state index in [-0.39, 0.29) is 5.82 Å². The second-order valence-corrected chi connectivity index (χ2v) is 2.70. The standard InChI is InChI=1S/C10H10BFO2/c1-14-10(13)9(6-11)7-3-2-4-8(12)5-7/h2-6H,11H2,1H3. The zero-order valence-corrected chi connectivity index (χ0v) is 8.08. The fraction of sp³-hybridized carbons (Fsp3) is 0.100. The molecule has 0 heterocycles. The lowest BCUT2D eigenvalue weighted by molar-refractivity contribution is -0.133. The lowest BCUT2D eigenvalue weighted by Gasteiger charge is -2.04. The van der Waals surface area contributed by atoms with Gasteiger partial charge in [0.25, 0.3) is 0 Å². The van der Waals surface area contributed by atoms with E-state index in [4.69, 9.17) is 0 Å². The fourth-order valence-corrected chi connectivity index (χ4v) is 1.17. The molecule has 0 amide bonds. The summed E-state index contributed by atoms with van der Waals surface area (Å²) in [4.78, 5) is 11.2. The van der Waals surface area contributed by atoms with Crippen molar-refractivity contribution >= 4 is 19.4 Å². The number of carbonyl (C=O) groups excluding carboxylic acids is 1. The van der Waals surface area contributed by atoms with E-state index in [0.29, 0.717) is 11.1 Å². The van der Waals surface area contributed by atoms with E-state index in [1.165, 1.54) is 19.2 Å². The molecule has 0 bridgehead atoms. The van der Waals surface area contributed by atoms with Crippen molar-refractivity contribution < 1.29 is 13.9 Å². The summed E-state index contributed by atoms with van der Waals surface area (Å²) in [6, 6.07) is 5.84. The van der Waals surface area contributed by atoms with Crippen molar-refractivity contribution in [2.45, 2.75) is 0 Å². The zero-order valence-electron chi connectivity index (χ0n) is 8.08. The largest absolute Gasteiger partial charge is 0.465 e. The molecular weight excluding hydrogens is 182 g/mol. The van der Waals surface area contributed by atoms with Crippen LogP contribution in [0.15, 0.2) is 30.2 Å². The fourth-order valence-electron chi connectivity index (χ4n) is 1.17. The summed E-state index contributed by atoms with van der Waals surface area (Å²) in [7, 11) is 3.00. The maximum atomic E-state index is 12.9. The third-order valence-corrected chi connectivity index (χ3v) is 1.83. The first-order valence-corrected chi connectivity index (χ1v) is 4.19. The molecule has 72 valence electrons. The Labute approximate surface area is 82.8 Å². The SMILES string of the molecule is BC=C(C(=O)OC)c1cccc(F)c1. The van der Waals surface area contributed by atoms with Crippen molar-refractivity contribution in [1.82, 2.24) is 0 Å². The molecule has 0 unspecified atom stereocenters. The van der Waals surface area contributed by atoms with E-state index in [2.05, 4.69) is 4.74 Å². The van der Waals surface area contributed by atoms with Gasteiger partial charge in [0.2, 0.25) is 0 Å². The summed E-state index contributed by atoms with van der Waals surface area (Å²) < 4.78 is 17.4. The number of carbonyl (C=O) groups is 1. The Morgan fingerprint density at radius 3 is 2.79 bits per heavy atom. The van der Waals surface area contributed by atoms with Gasteiger partial charge in [0.05, 0.1) is 12.7 Å². The first-order chi connectivity index (χ1) is 6.69. The van der Waals surface area contributed by atoms with Gasteiger partial charge in [0.1, 0.15) is 13.7 Å². The maximum absolute atomic E-state index is 12.9. The van der Waals surface area contributed by atoms with Gasteiger partial charge in [-0.15, -0.1) is 5.98 Å². The molecule has 0 fully saturated rings. The predicted molar refractivity (Wildman–Crippen MR) is 54.9 cm³/mol. The minimum atomic E-state index is -0.460. The van der Waals surface area contributed by atoms with E-state index < -0.39 is 5.97 Å². The van der Waals surface area contributed by atoms with Crippen LogP contribution in [0, 0.1) is 5.82 Å². The minimum Gasteiger partial charge on any atom is -0.465 e. The van der Waals surface area contributed by atoms with Crippen LogP contribution < -0.4 is 0 Å². The summed E-state index contributed by atoms with van der Waals surface area (Å²) in [6.07, 6.45) is 0. The molecule has 1 aromatic rings. The summed E-state index contributed by atoms with van der Waals surface area (Å²) in [6.45, 7) is 0. The Morgan fingerprint density at radius 1 is 1.57 bits per heavy atom. The number of hydrogen-bond donors (Lipinski definition) is 0. The van der Waals surface area contributed by atoms with Gasteiger partial charge in [-0.1, -0.05) is 12.1 Å². The van der Waals surface area contributed by atoms with Gasteiger partial charge in [-0.25, -0.2) is 9.18 Å². The Balaban J connectivity index is 3.08. The quantitative estimate of drug-likeness (QED) is 0.396. The third kappa shape index (κ3) is 2.22. The van der Waals surface area contributed by atoms with Crippen LogP contribution in [0.1, 0.15) is 5.56 Å². The Hall–Kier alpha value is -1.58. The molecule has 0 aromatic heterocycles. The van der Waals surface area contributed by atoms with E-state index in [9.17, 15) is 9.18 Å². The normalized spacial score (nSPS) is 11.1. The number of methoxy groups -OCH3 is 1. The van der Waals surface area contributed by atoms with Gasteiger partial charge < -0.3 is 4.74 Å². The van der Waals surface area contributed by atoms with Gasteiger partial charge in [0.15, 0.2) is 0 Å². The Kier molecular flexibility index (Phi) is 3.45. The molecule has 14 heavy (non-hydrogen) atoms. The van der Waals surface area contributed by atoms with Crippen LogP contribution in [0.3, 0.4) is 0 Å². The molecule has 2 nitrogen and oxygen atoms in total. The van der Waals surface area contributed by atoms with Crippen LogP contribution in [0.25, 0.3) is 5.57 Å². The molecule has 1 rings (SSSR count). The predicted octanol–water partition coefficient (Wildman–Crippen LogP) is 0.973. The van der Waals surface area contributed by atoms with Crippen LogP contribution in [0.5, 0.6) is 0 Å². The second kappa shape index (κ2) is 4.60. The van der Waals surface area contributed by atoms with Crippen molar-refractivity contribution in [3.63, 3.8) is 0 Å². The average Bonchev–Trinajstić information content (AvgIpc) is 2.19. The molecule has 0 saturated carbocycles. The van der Waals surface area contributed by atoms with Crippen molar-refractivity contribution in [2.75, 3.05) is 7.11 Å². The smallest absolute Gasteiger partial charge is 0.337 e. The second-order valence-electron chi connectivity index (χ2n) is 2.70. The van der Waals surface area contributed by atoms with Crippen molar-refractivity contribution in [3.8, 4) is 0 Å². The zero-order chi connectivity index (χ0) is 10.6. The van der Waals surface area contributed by atoms with Gasteiger partial charge in [0, 0.05) is 0 Å². The number of rotatable bonds is 2. The van der Waals surface area contributed by atoms with Crippen LogP contribution in [-0.2, 0) is 9.53 Å². The molecular formula is C10H10BFO2. The number of hydrogen-bond acceptors (Lipinski definition) is 2. The summed E-state index contributed by atoms with van der Waals surface area (Å²) >= 11 is 0. The monoisotopic (exact) mass is 192 g/mol. The van der Waals surface area contributed by atoms with E-state index in [0.717, 1.165) is 0 Å². The molecule has 0 N–H and O–H groups in total. The van der Waals surface area contributed by atoms with Gasteiger partial charge in [-0.3, -0.25) is 0 Å². The summed E-state index contributed by atoms with van der Waals surface area (Å²) in [5.74, 6) is 0.768. The highest BCUT2D eigenvalue weighted by molar-refractivity contribution is 6.29. The number of benzene rings is 1. The van der Waals surface area contributed by atoms with Crippen LogP contribution in [0.2, 0.25) is 0 Å². The summed E-state index contributed by atoms with van der Waals surface area (Å²) in [5.41, 5.74) is 0.895. The van der Waals surface area contributed by atoms with Crippen LogP contribution >= 0.6 is 0 Å².